The second kappa shape index (κ2) is 14.5. The third-order valence-corrected chi connectivity index (χ3v) is 16.2. The van der Waals surface area contributed by atoms with E-state index in [0.29, 0.717) is 0 Å². The molecule has 344 valence electrons. The lowest BCUT2D eigenvalue weighted by atomic mass is 9.70. The molecule has 0 radical (unpaired) electrons. The smallest absolute Gasteiger partial charge is 0.145 e. The van der Waals surface area contributed by atoms with E-state index in [-0.39, 0.29) is 5.41 Å². The van der Waals surface area contributed by atoms with E-state index in [1.54, 1.807) is 0 Å². The fraction of sp³-hybridized carbons (Fsp3) is 0.0725. The largest absolute Gasteiger partial charge is 0.456 e. The molecular formula is C69H45NO3. The molecule has 14 aromatic rings. The van der Waals surface area contributed by atoms with Gasteiger partial charge in [-0.2, -0.15) is 0 Å². The summed E-state index contributed by atoms with van der Waals surface area (Å²) in [6, 6.07) is 79.7. The summed E-state index contributed by atoms with van der Waals surface area (Å²) in [6.07, 6.45) is 0. The minimum atomic E-state index is -0.780. The Labute approximate surface area is 421 Å². The predicted octanol–water partition coefficient (Wildman–Crippen LogP) is 19.3. The van der Waals surface area contributed by atoms with E-state index < -0.39 is 5.41 Å². The average molecular weight is 936 g/mol. The highest BCUT2D eigenvalue weighted by atomic mass is 16.3. The van der Waals surface area contributed by atoms with Crippen molar-refractivity contribution in [1.29, 1.82) is 0 Å². The molecule has 3 aromatic heterocycles. The fourth-order valence-electron chi connectivity index (χ4n) is 13.1. The zero-order valence-electron chi connectivity index (χ0n) is 40.5. The van der Waals surface area contributed by atoms with Crippen LogP contribution in [0.3, 0.4) is 0 Å². The molecule has 0 fully saturated rings. The van der Waals surface area contributed by atoms with Gasteiger partial charge in [-0.15, -0.1) is 0 Å². The van der Waals surface area contributed by atoms with E-state index in [1.807, 2.05) is 0 Å². The SMILES string of the molecule is CC(C)(C)c1ccc(N(c2ccc(-c3cccc4ccccc34)cc2)c2cc3c(c4oc5ccccc5c24)-c2c(ccc4c2oc2ccccc24)C32c3ccccc3-c3c2ccc2oc4ccccc4c32)cc1. The molecule has 2 aliphatic carbocycles. The van der Waals surface area contributed by atoms with E-state index in [1.165, 1.54) is 49.7 Å². The molecule has 1 unspecified atom stereocenters. The van der Waals surface area contributed by atoms with Crippen molar-refractivity contribution in [1.82, 2.24) is 0 Å². The Bertz CT molecular complexity index is 4650. The van der Waals surface area contributed by atoms with E-state index in [9.17, 15) is 0 Å². The van der Waals surface area contributed by atoms with Gasteiger partial charge in [0.25, 0.3) is 0 Å². The Morgan fingerprint density at radius 2 is 0.932 bits per heavy atom. The molecule has 0 amide bonds. The van der Waals surface area contributed by atoms with Gasteiger partial charge in [-0.3, -0.25) is 0 Å². The van der Waals surface area contributed by atoms with Gasteiger partial charge in [0.2, 0.25) is 0 Å². The van der Waals surface area contributed by atoms with E-state index in [4.69, 9.17) is 13.3 Å². The van der Waals surface area contributed by atoms with Crippen LogP contribution in [0.15, 0.2) is 232 Å². The molecule has 11 aromatic carbocycles. The zero-order valence-corrected chi connectivity index (χ0v) is 40.5. The van der Waals surface area contributed by atoms with Crippen LogP contribution >= 0.6 is 0 Å². The van der Waals surface area contributed by atoms with Gasteiger partial charge in [0, 0.05) is 49.4 Å². The Balaban J connectivity index is 1.06. The average Bonchev–Trinajstić information content (AvgIpc) is 4.38. The fourth-order valence-corrected chi connectivity index (χ4v) is 13.1. The molecule has 0 N–H and O–H groups in total. The minimum absolute atomic E-state index is 0.0276. The highest BCUT2D eigenvalue weighted by molar-refractivity contribution is 6.24. The second-order valence-corrected chi connectivity index (χ2v) is 21.0. The lowest BCUT2D eigenvalue weighted by Gasteiger charge is -2.32. The lowest BCUT2D eigenvalue weighted by molar-refractivity contribution is 0.590. The van der Waals surface area contributed by atoms with Crippen molar-refractivity contribution in [2.75, 3.05) is 4.90 Å². The molecule has 0 aliphatic heterocycles. The Kier molecular flexibility index (Phi) is 8.06. The molecule has 0 saturated carbocycles. The number of rotatable bonds is 4. The highest BCUT2D eigenvalue weighted by Gasteiger charge is 2.55. The number of hydrogen-bond acceptors (Lipinski definition) is 4. The maximum atomic E-state index is 7.43. The topological polar surface area (TPSA) is 42.7 Å². The normalized spacial score (nSPS) is 14.8. The van der Waals surface area contributed by atoms with Crippen molar-refractivity contribution in [3.05, 3.63) is 246 Å². The monoisotopic (exact) mass is 935 g/mol. The van der Waals surface area contributed by atoms with Crippen molar-refractivity contribution >= 4 is 93.7 Å². The summed E-state index contributed by atoms with van der Waals surface area (Å²) in [7, 11) is 0. The van der Waals surface area contributed by atoms with Crippen molar-refractivity contribution in [3.8, 4) is 33.4 Å². The third kappa shape index (κ3) is 5.39. The van der Waals surface area contributed by atoms with Crippen LogP contribution in [-0.4, -0.2) is 0 Å². The van der Waals surface area contributed by atoms with Gasteiger partial charge in [0.05, 0.1) is 16.5 Å². The zero-order chi connectivity index (χ0) is 48.3. The molecule has 4 heteroatoms. The number of fused-ring (bicyclic) bond motifs is 23. The van der Waals surface area contributed by atoms with Crippen molar-refractivity contribution in [3.63, 3.8) is 0 Å². The van der Waals surface area contributed by atoms with Gasteiger partial charge >= 0.3 is 0 Å². The summed E-state index contributed by atoms with van der Waals surface area (Å²) in [6.45, 7) is 6.84. The lowest BCUT2D eigenvalue weighted by Crippen LogP contribution is -2.26. The summed E-state index contributed by atoms with van der Waals surface area (Å²) in [5, 5.41) is 8.98. The van der Waals surface area contributed by atoms with Crippen LogP contribution in [0.1, 0.15) is 48.6 Å². The van der Waals surface area contributed by atoms with Crippen LogP contribution in [0.2, 0.25) is 0 Å². The summed E-state index contributed by atoms with van der Waals surface area (Å²) >= 11 is 0. The van der Waals surface area contributed by atoms with Crippen molar-refractivity contribution in [2.24, 2.45) is 0 Å². The number of hydrogen-bond donors (Lipinski definition) is 0. The van der Waals surface area contributed by atoms with Gasteiger partial charge < -0.3 is 18.2 Å². The molecule has 2 aliphatic rings. The maximum absolute atomic E-state index is 7.43. The van der Waals surface area contributed by atoms with Crippen molar-refractivity contribution < 1.29 is 13.3 Å². The molecule has 0 bridgehead atoms. The molecule has 1 spiro atoms. The summed E-state index contributed by atoms with van der Waals surface area (Å²) in [4.78, 5) is 2.46. The van der Waals surface area contributed by atoms with Crippen LogP contribution in [0, 0.1) is 0 Å². The number of anilines is 3. The van der Waals surface area contributed by atoms with Gasteiger partial charge in [-0.25, -0.2) is 0 Å². The van der Waals surface area contributed by atoms with Gasteiger partial charge in [0.1, 0.15) is 33.5 Å². The van der Waals surface area contributed by atoms with Crippen LogP contribution in [0.5, 0.6) is 0 Å². The molecule has 3 heterocycles. The van der Waals surface area contributed by atoms with Gasteiger partial charge in [0.15, 0.2) is 0 Å². The Hall–Kier alpha value is -9.12. The van der Waals surface area contributed by atoms with Crippen LogP contribution < -0.4 is 4.90 Å². The van der Waals surface area contributed by atoms with Gasteiger partial charge in [-0.05, 0) is 121 Å². The first-order chi connectivity index (χ1) is 35.8. The van der Waals surface area contributed by atoms with Crippen LogP contribution in [0.4, 0.5) is 17.1 Å². The Morgan fingerprint density at radius 1 is 0.370 bits per heavy atom. The van der Waals surface area contributed by atoms with E-state index in [2.05, 4.69) is 244 Å². The summed E-state index contributed by atoms with van der Waals surface area (Å²) in [5.74, 6) is 0. The highest BCUT2D eigenvalue weighted by Crippen LogP contribution is 2.68. The van der Waals surface area contributed by atoms with E-state index >= 15 is 0 Å². The number of para-hydroxylation sites is 3. The van der Waals surface area contributed by atoms with Crippen LogP contribution in [-0.2, 0) is 10.8 Å². The first-order valence-electron chi connectivity index (χ1n) is 25.3. The maximum Gasteiger partial charge on any atom is 0.145 e. The quantitative estimate of drug-likeness (QED) is 0.176. The first-order valence-corrected chi connectivity index (χ1v) is 25.3. The molecular weight excluding hydrogens is 891 g/mol. The molecule has 4 nitrogen and oxygen atoms in total. The number of furan rings is 3. The van der Waals surface area contributed by atoms with Crippen molar-refractivity contribution in [2.45, 2.75) is 31.6 Å². The number of benzene rings is 11. The number of nitrogens with zero attached hydrogens (tertiary/aromatic N) is 1. The standard InChI is InChI=1S/C69H45NO3/c1-68(2,3)42-29-33-44(34-30-42)70(43-31-27-41(28-32-43)46-22-14-16-40-15-4-5-17-45(40)46)56-39-55-65(67-62(56)50-20-8-13-26-59(50)73-67)64-54(36-35-48-47-18-7-11-24-57(47)72-66(48)64)69(55)52-23-10-6-19-49(52)61-53(69)37-38-60-63(61)51-21-9-12-25-58(51)71-60/h4-39H,1-3H3. The molecule has 73 heavy (non-hydrogen) atoms. The molecule has 0 saturated heterocycles. The first kappa shape index (κ1) is 40.6. The van der Waals surface area contributed by atoms with Crippen LogP contribution in [0.25, 0.3) is 110 Å². The summed E-state index contributed by atoms with van der Waals surface area (Å²) in [5.41, 5.74) is 20.4. The van der Waals surface area contributed by atoms with Gasteiger partial charge in [-0.1, -0.05) is 185 Å². The predicted molar refractivity (Wildman–Crippen MR) is 301 cm³/mol. The summed E-state index contributed by atoms with van der Waals surface area (Å²) < 4.78 is 21.2. The molecule has 1 atom stereocenters. The van der Waals surface area contributed by atoms with E-state index in [0.717, 1.165) is 105 Å². The Morgan fingerprint density at radius 3 is 1.70 bits per heavy atom. The second-order valence-electron chi connectivity index (χ2n) is 21.0. The minimum Gasteiger partial charge on any atom is -0.456 e. The third-order valence-electron chi connectivity index (χ3n) is 16.2. The molecule has 16 rings (SSSR count).